The highest BCUT2D eigenvalue weighted by atomic mass is 15.0. The van der Waals surface area contributed by atoms with E-state index in [1.165, 1.54) is 25.1 Å². The number of nitrogens with one attached hydrogen (secondary N) is 1. The molecule has 1 aromatic rings. The molecule has 1 aliphatic carbocycles. The van der Waals surface area contributed by atoms with Crippen LogP contribution < -0.4 is 5.32 Å². The highest BCUT2D eigenvalue weighted by Crippen LogP contribution is 2.39. The molecule has 3 atom stereocenters. The van der Waals surface area contributed by atoms with Gasteiger partial charge in [0, 0.05) is 31.4 Å². The first-order valence-corrected chi connectivity index (χ1v) is 7.28. The zero-order valence-electron chi connectivity index (χ0n) is 12.2. The van der Waals surface area contributed by atoms with E-state index < -0.39 is 0 Å². The van der Waals surface area contributed by atoms with Crippen LogP contribution in [0.2, 0.25) is 0 Å². The second-order valence-corrected chi connectivity index (χ2v) is 6.24. The second-order valence-electron chi connectivity index (χ2n) is 6.24. The van der Waals surface area contributed by atoms with Gasteiger partial charge < -0.3 is 9.88 Å². The molecule has 2 rings (SSSR count). The normalized spacial score (nSPS) is 28.8. The average molecular weight is 249 g/mol. The third-order valence-electron chi connectivity index (χ3n) is 4.23. The average Bonchev–Trinajstić information content (AvgIpc) is 2.73. The smallest absolute Gasteiger partial charge is 0.111 e. The molecule has 0 spiro atoms. The Bertz CT molecular complexity index is 370. The van der Waals surface area contributed by atoms with E-state index in [2.05, 4.69) is 48.9 Å². The van der Waals surface area contributed by atoms with Crippen LogP contribution in [0, 0.1) is 11.8 Å². The van der Waals surface area contributed by atoms with E-state index in [1.807, 2.05) is 6.20 Å². The summed E-state index contributed by atoms with van der Waals surface area (Å²) < 4.78 is 2.20. The summed E-state index contributed by atoms with van der Waals surface area (Å²) in [7, 11) is 2.12. The molecule has 0 aromatic carbocycles. The van der Waals surface area contributed by atoms with E-state index in [4.69, 9.17) is 0 Å². The predicted molar refractivity (Wildman–Crippen MR) is 75.6 cm³/mol. The third-order valence-corrected chi connectivity index (χ3v) is 4.23. The maximum Gasteiger partial charge on any atom is 0.111 e. The Balaban J connectivity index is 2.09. The molecule has 3 heteroatoms. The molecule has 0 aliphatic heterocycles. The lowest BCUT2D eigenvalue weighted by molar-refractivity contribution is 0.228. The Kier molecular flexibility index (Phi) is 4.44. The van der Waals surface area contributed by atoms with E-state index >= 15 is 0 Å². The fourth-order valence-electron chi connectivity index (χ4n) is 3.13. The maximum absolute atomic E-state index is 4.59. The zero-order chi connectivity index (χ0) is 13.1. The Morgan fingerprint density at radius 3 is 2.83 bits per heavy atom. The molecule has 3 unspecified atom stereocenters. The Labute approximate surface area is 111 Å². The van der Waals surface area contributed by atoms with Crippen molar-refractivity contribution < 1.29 is 0 Å². The summed E-state index contributed by atoms with van der Waals surface area (Å²) in [6.07, 6.45) is 7.99. The molecule has 1 aromatic heterocycles. The highest BCUT2D eigenvalue weighted by molar-refractivity contribution is 5.04. The lowest BCUT2D eigenvalue weighted by Gasteiger charge is -2.35. The summed E-state index contributed by atoms with van der Waals surface area (Å²) in [6, 6.07) is 0.575. The molecule has 0 amide bonds. The molecule has 0 radical (unpaired) electrons. The van der Waals surface area contributed by atoms with Crippen molar-refractivity contribution in [2.45, 2.75) is 52.0 Å². The summed E-state index contributed by atoms with van der Waals surface area (Å²) in [6.45, 7) is 7.95. The largest absolute Gasteiger partial charge is 0.338 e. The molecule has 0 bridgehead atoms. The first-order valence-electron chi connectivity index (χ1n) is 7.28. The molecule has 0 saturated heterocycles. The van der Waals surface area contributed by atoms with E-state index in [0.29, 0.717) is 12.0 Å². The SMILES string of the molecule is CC1CCC(CNC(C)C)C(c2nccn2C)C1. The predicted octanol–water partition coefficient (Wildman–Crippen LogP) is 2.94. The summed E-state index contributed by atoms with van der Waals surface area (Å²) in [5.74, 6) is 3.48. The van der Waals surface area contributed by atoms with Crippen LogP contribution in [0.25, 0.3) is 0 Å². The topological polar surface area (TPSA) is 29.9 Å². The number of hydrogen-bond acceptors (Lipinski definition) is 2. The standard InChI is InChI=1S/C15H27N3/c1-11(2)17-10-13-6-5-12(3)9-14(13)15-16-7-8-18(15)4/h7-8,11-14,17H,5-6,9-10H2,1-4H3. The minimum atomic E-state index is 0.575. The van der Waals surface area contributed by atoms with Gasteiger partial charge in [-0.05, 0) is 31.2 Å². The van der Waals surface area contributed by atoms with Gasteiger partial charge in [0.1, 0.15) is 5.82 Å². The van der Waals surface area contributed by atoms with Crippen molar-refractivity contribution >= 4 is 0 Å². The van der Waals surface area contributed by atoms with Gasteiger partial charge in [-0.3, -0.25) is 0 Å². The van der Waals surface area contributed by atoms with Crippen molar-refractivity contribution in [1.82, 2.24) is 14.9 Å². The molecule has 102 valence electrons. The first-order chi connectivity index (χ1) is 8.58. The highest BCUT2D eigenvalue weighted by Gasteiger charge is 2.31. The van der Waals surface area contributed by atoms with Gasteiger partial charge in [0.2, 0.25) is 0 Å². The molecule has 18 heavy (non-hydrogen) atoms. The van der Waals surface area contributed by atoms with E-state index in [-0.39, 0.29) is 0 Å². The fraction of sp³-hybridized carbons (Fsp3) is 0.800. The van der Waals surface area contributed by atoms with Gasteiger partial charge >= 0.3 is 0 Å². The number of nitrogens with zero attached hydrogens (tertiary/aromatic N) is 2. The van der Waals surface area contributed by atoms with Crippen LogP contribution in [0.3, 0.4) is 0 Å². The van der Waals surface area contributed by atoms with Gasteiger partial charge in [0.05, 0.1) is 0 Å². The Morgan fingerprint density at radius 2 is 2.22 bits per heavy atom. The monoisotopic (exact) mass is 249 g/mol. The van der Waals surface area contributed by atoms with Crippen LogP contribution >= 0.6 is 0 Å². The Hall–Kier alpha value is -0.830. The second kappa shape index (κ2) is 5.87. The molecular weight excluding hydrogens is 222 g/mol. The molecule has 1 aliphatic rings. The summed E-state index contributed by atoms with van der Waals surface area (Å²) in [5, 5.41) is 3.60. The molecule has 1 saturated carbocycles. The minimum absolute atomic E-state index is 0.575. The lowest BCUT2D eigenvalue weighted by Crippen LogP contribution is -2.35. The quantitative estimate of drug-likeness (QED) is 0.889. The van der Waals surface area contributed by atoms with Crippen LogP contribution in [-0.4, -0.2) is 22.1 Å². The van der Waals surface area contributed by atoms with Crippen molar-refractivity contribution in [3.8, 4) is 0 Å². The molecule has 1 fully saturated rings. The molecule has 1 heterocycles. The number of aryl methyl sites for hydroxylation is 1. The number of hydrogen-bond donors (Lipinski definition) is 1. The third kappa shape index (κ3) is 3.14. The number of aromatic nitrogens is 2. The van der Waals surface area contributed by atoms with Crippen LogP contribution in [0.5, 0.6) is 0 Å². The van der Waals surface area contributed by atoms with E-state index in [1.54, 1.807) is 0 Å². The number of imidazole rings is 1. The maximum atomic E-state index is 4.59. The van der Waals surface area contributed by atoms with E-state index in [0.717, 1.165) is 18.4 Å². The van der Waals surface area contributed by atoms with Crippen LogP contribution in [-0.2, 0) is 7.05 Å². The lowest BCUT2D eigenvalue weighted by atomic mass is 9.74. The van der Waals surface area contributed by atoms with Crippen molar-refractivity contribution in [3.05, 3.63) is 18.2 Å². The van der Waals surface area contributed by atoms with Crippen LogP contribution in [0.15, 0.2) is 12.4 Å². The van der Waals surface area contributed by atoms with Gasteiger partial charge in [-0.2, -0.15) is 0 Å². The van der Waals surface area contributed by atoms with Gasteiger partial charge in [0.25, 0.3) is 0 Å². The van der Waals surface area contributed by atoms with Gasteiger partial charge in [-0.15, -0.1) is 0 Å². The summed E-state index contributed by atoms with van der Waals surface area (Å²) in [4.78, 5) is 4.59. The van der Waals surface area contributed by atoms with Gasteiger partial charge in [-0.25, -0.2) is 4.98 Å². The van der Waals surface area contributed by atoms with Crippen molar-refractivity contribution in [3.63, 3.8) is 0 Å². The summed E-state index contributed by atoms with van der Waals surface area (Å²) in [5.41, 5.74) is 0. The minimum Gasteiger partial charge on any atom is -0.338 e. The zero-order valence-corrected chi connectivity index (χ0v) is 12.2. The van der Waals surface area contributed by atoms with Crippen molar-refractivity contribution in [1.29, 1.82) is 0 Å². The molecule has 3 nitrogen and oxygen atoms in total. The van der Waals surface area contributed by atoms with Gasteiger partial charge in [0.15, 0.2) is 0 Å². The van der Waals surface area contributed by atoms with Crippen LogP contribution in [0.4, 0.5) is 0 Å². The van der Waals surface area contributed by atoms with Crippen molar-refractivity contribution in [2.24, 2.45) is 18.9 Å². The van der Waals surface area contributed by atoms with Gasteiger partial charge in [-0.1, -0.05) is 27.2 Å². The molecular formula is C15H27N3. The van der Waals surface area contributed by atoms with Crippen LogP contribution in [0.1, 0.15) is 51.8 Å². The van der Waals surface area contributed by atoms with Crippen molar-refractivity contribution in [2.75, 3.05) is 6.54 Å². The van der Waals surface area contributed by atoms with E-state index in [9.17, 15) is 0 Å². The first kappa shape index (κ1) is 13.6. The number of rotatable bonds is 4. The Morgan fingerprint density at radius 1 is 1.44 bits per heavy atom. The molecule has 1 N–H and O–H groups in total. The fourth-order valence-corrected chi connectivity index (χ4v) is 3.13. The summed E-state index contributed by atoms with van der Waals surface area (Å²) >= 11 is 0.